The van der Waals surface area contributed by atoms with E-state index in [0.717, 1.165) is 25.0 Å². The maximum Gasteiger partial charge on any atom is 0.0701 e. The standard InChI is InChI=1S/C16H32BrIO5/c17-5-8-20-10-12-22-14-16-23-15-13-21-11-9-19-7-4-2-1-3-6-18/h1-16H2. The lowest BCUT2D eigenvalue weighted by Gasteiger charge is -2.07. The molecule has 0 aliphatic rings. The number of unbranched alkanes of at least 4 members (excludes halogenated alkanes) is 3. The predicted octanol–water partition coefficient (Wildman–Crippen LogP) is 3.46. The van der Waals surface area contributed by atoms with Crippen LogP contribution in [0.2, 0.25) is 0 Å². The highest BCUT2D eigenvalue weighted by atomic mass is 127. The molecule has 0 radical (unpaired) electrons. The molecule has 0 rings (SSSR count). The average molecular weight is 511 g/mol. The van der Waals surface area contributed by atoms with Crippen molar-refractivity contribution in [3.05, 3.63) is 0 Å². The number of ether oxygens (including phenoxy) is 5. The Hall–Kier alpha value is 1.01. The van der Waals surface area contributed by atoms with Crippen molar-refractivity contribution in [3.8, 4) is 0 Å². The smallest absolute Gasteiger partial charge is 0.0701 e. The summed E-state index contributed by atoms with van der Waals surface area (Å²) in [5.41, 5.74) is 0. The second-order valence-electron chi connectivity index (χ2n) is 4.85. The van der Waals surface area contributed by atoms with Crippen LogP contribution >= 0.6 is 38.5 Å². The van der Waals surface area contributed by atoms with Gasteiger partial charge >= 0.3 is 0 Å². The predicted molar refractivity (Wildman–Crippen MR) is 105 cm³/mol. The van der Waals surface area contributed by atoms with Crippen molar-refractivity contribution >= 4 is 38.5 Å². The third kappa shape index (κ3) is 23.0. The Kier molecular flexibility index (Phi) is 24.0. The van der Waals surface area contributed by atoms with Crippen LogP contribution in [-0.2, 0) is 23.7 Å². The minimum absolute atomic E-state index is 0.593. The van der Waals surface area contributed by atoms with Crippen molar-refractivity contribution in [2.75, 3.05) is 75.8 Å². The fourth-order valence-electron chi connectivity index (χ4n) is 1.69. The third-order valence-corrected chi connectivity index (χ3v) is 3.97. The first-order chi connectivity index (χ1) is 11.4. The quantitative estimate of drug-likeness (QED) is 0.142. The molecule has 140 valence electrons. The normalized spacial score (nSPS) is 11.2. The maximum atomic E-state index is 5.51. The fraction of sp³-hybridized carbons (Fsp3) is 1.00. The van der Waals surface area contributed by atoms with Crippen molar-refractivity contribution in [2.45, 2.75) is 25.7 Å². The van der Waals surface area contributed by atoms with E-state index in [-0.39, 0.29) is 0 Å². The molecule has 23 heavy (non-hydrogen) atoms. The van der Waals surface area contributed by atoms with Gasteiger partial charge in [0.1, 0.15) is 0 Å². The van der Waals surface area contributed by atoms with Crippen molar-refractivity contribution < 1.29 is 23.7 Å². The van der Waals surface area contributed by atoms with Gasteiger partial charge in [0.25, 0.3) is 0 Å². The molecule has 0 aromatic carbocycles. The Bertz CT molecular complexity index is 193. The van der Waals surface area contributed by atoms with E-state index in [9.17, 15) is 0 Å². The van der Waals surface area contributed by atoms with Crippen LogP contribution in [0, 0.1) is 0 Å². The van der Waals surface area contributed by atoms with E-state index >= 15 is 0 Å². The lowest BCUT2D eigenvalue weighted by molar-refractivity contribution is -0.0102. The van der Waals surface area contributed by atoms with Crippen molar-refractivity contribution in [1.29, 1.82) is 0 Å². The van der Waals surface area contributed by atoms with Crippen LogP contribution in [-0.4, -0.2) is 75.8 Å². The summed E-state index contributed by atoms with van der Waals surface area (Å²) in [6.45, 7) is 6.51. The molecule has 0 amide bonds. The Balaban J connectivity index is 2.92. The van der Waals surface area contributed by atoms with Crippen molar-refractivity contribution in [2.24, 2.45) is 0 Å². The van der Waals surface area contributed by atoms with Crippen molar-refractivity contribution in [1.82, 2.24) is 0 Å². The zero-order valence-electron chi connectivity index (χ0n) is 14.1. The lowest BCUT2D eigenvalue weighted by Crippen LogP contribution is -2.13. The Morgan fingerprint density at radius 3 is 1.30 bits per heavy atom. The summed E-state index contributed by atoms with van der Waals surface area (Å²) in [5.74, 6) is 0. The molecule has 0 aliphatic carbocycles. The van der Waals surface area contributed by atoms with Gasteiger partial charge in [0, 0.05) is 11.9 Å². The molecule has 0 atom stereocenters. The van der Waals surface area contributed by atoms with E-state index in [2.05, 4.69) is 38.5 Å². The van der Waals surface area contributed by atoms with E-state index in [4.69, 9.17) is 23.7 Å². The van der Waals surface area contributed by atoms with Gasteiger partial charge in [0.2, 0.25) is 0 Å². The number of alkyl halides is 2. The van der Waals surface area contributed by atoms with Gasteiger partial charge in [0.15, 0.2) is 0 Å². The topological polar surface area (TPSA) is 46.2 Å². The zero-order chi connectivity index (χ0) is 16.8. The van der Waals surface area contributed by atoms with Crippen LogP contribution in [0.25, 0.3) is 0 Å². The summed E-state index contributed by atoms with van der Waals surface area (Å²) in [6, 6.07) is 0. The van der Waals surface area contributed by atoms with Crippen LogP contribution in [0.5, 0.6) is 0 Å². The highest BCUT2D eigenvalue weighted by molar-refractivity contribution is 14.1. The molecule has 0 saturated carbocycles. The molecular formula is C16H32BrIO5. The summed E-state index contributed by atoms with van der Waals surface area (Å²) in [4.78, 5) is 0. The Labute approximate surface area is 163 Å². The summed E-state index contributed by atoms with van der Waals surface area (Å²) in [7, 11) is 0. The van der Waals surface area contributed by atoms with Gasteiger partial charge in [-0.1, -0.05) is 51.4 Å². The molecule has 0 unspecified atom stereocenters. The van der Waals surface area contributed by atoms with Gasteiger partial charge < -0.3 is 23.7 Å². The molecule has 0 bridgehead atoms. The monoisotopic (exact) mass is 510 g/mol. The van der Waals surface area contributed by atoms with Gasteiger partial charge in [-0.3, -0.25) is 0 Å². The minimum Gasteiger partial charge on any atom is -0.379 e. The fourth-order valence-corrected chi connectivity index (χ4v) is 2.46. The molecular weight excluding hydrogens is 479 g/mol. The lowest BCUT2D eigenvalue weighted by atomic mass is 10.2. The average Bonchev–Trinajstić information content (AvgIpc) is 2.57. The van der Waals surface area contributed by atoms with Crippen molar-refractivity contribution in [3.63, 3.8) is 0 Å². The molecule has 7 heteroatoms. The van der Waals surface area contributed by atoms with Crippen LogP contribution in [0.15, 0.2) is 0 Å². The minimum atomic E-state index is 0.593. The van der Waals surface area contributed by atoms with Gasteiger partial charge in [0.05, 0.1) is 59.5 Å². The molecule has 0 N–H and O–H groups in total. The van der Waals surface area contributed by atoms with Crippen LogP contribution < -0.4 is 0 Å². The molecule has 5 nitrogen and oxygen atoms in total. The first-order valence-corrected chi connectivity index (χ1v) is 11.1. The zero-order valence-corrected chi connectivity index (χ0v) is 17.9. The number of rotatable bonds is 20. The SMILES string of the molecule is BrCCOCCOCCOCCOCCOCCCCCCI. The van der Waals surface area contributed by atoms with Gasteiger partial charge in [-0.25, -0.2) is 0 Å². The summed E-state index contributed by atoms with van der Waals surface area (Å²) < 4.78 is 28.2. The van der Waals surface area contributed by atoms with Gasteiger partial charge in [-0.15, -0.1) is 0 Å². The number of halogens is 2. The molecule has 0 aromatic heterocycles. The van der Waals surface area contributed by atoms with E-state index < -0.39 is 0 Å². The van der Waals surface area contributed by atoms with Crippen LogP contribution in [0.1, 0.15) is 25.7 Å². The second-order valence-corrected chi connectivity index (χ2v) is 6.73. The largest absolute Gasteiger partial charge is 0.379 e. The molecule has 0 spiro atoms. The third-order valence-electron chi connectivity index (χ3n) is 2.88. The number of hydrogen-bond donors (Lipinski definition) is 0. The van der Waals surface area contributed by atoms with E-state index in [0.29, 0.717) is 52.9 Å². The number of hydrogen-bond acceptors (Lipinski definition) is 5. The van der Waals surface area contributed by atoms with E-state index in [1.165, 1.54) is 23.7 Å². The second kappa shape index (κ2) is 23.0. The molecule has 0 fully saturated rings. The molecule has 0 aliphatic heterocycles. The van der Waals surface area contributed by atoms with Crippen LogP contribution in [0.4, 0.5) is 0 Å². The van der Waals surface area contributed by atoms with Crippen LogP contribution in [0.3, 0.4) is 0 Å². The Morgan fingerprint density at radius 1 is 0.478 bits per heavy atom. The first-order valence-electron chi connectivity index (χ1n) is 8.42. The highest BCUT2D eigenvalue weighted by Gasteiger charge is 1.94. The molecule has 0 heterocycles. The molecule has 0 aromatic rings. The Morgan fingerprint density at radius 2 is 0.870 bits per heavy atom. The van der Waals surface area contributed by atoms with Gasteiger partial charge in [-0.2, -0.15) is 0 Å². The first kappa shape index (κ1) is 24.0. The maximum absolute atomic E-state index is 5.51. The summed E-state index contributed by atoms with van der Waals surface area (Å²) in [5, 5.41) is 0.861. The van der Waals surface area contributed by atoms with E-state index in [1.54, 1.807) is 0 Å². The summed E-state index contributed by atoms with van der Waals surface area (Å²) >= 11 is 5.72. The van der Waals surface area contributed by atoms with E-state index in [1.807, 2.05) is 0 Å². The molecule has 0 saturated heterocycles. The van der Waals surface area contributed by atoms with Gasteiger partial charge in [-0.05, 0) is 17.3 Å². The summed E-state index contributed by atoms with van der Waals surface area (Å²) in [6.07, 6.45) is 5.05. The highest BCUT2D eigenvalue weighted by Crippen LogP contribution is 2.02.